The third kappa shape index (κ3) is 8.33. The van der Waals surface area contributed by atoms with Crippen molar-refractivity contribution in [3.05, 3.63) is 87.9 Å². The van der Waals surface area contributed by atoms with Crippen molar-refractivity contribution in [2.45, 2.75) is 64.6 Å². The van der Waals surface area contributed by atoms with Gasteiger partial charge >= 0.3 is 0 Å². The minimum absolute atomic E-state index is 0.0119. The van der Waals surface area contributed by atoms with E-state index in [1.54, 1.807) is 37.3 Å². The lowest BCUT2D eigenvalue weighted by atomic mass is 10.1. The van der Waals surface area contributed by atoms with Gasteiger partial charge in [-0.15, -0.1) is 0 Å². The number of sulfonamides is 1. The van der Waals surface area contributed by atoms with Crippen LogP contribution in [0.5, 0.6) is 5.75 Å². The molecule has 0 aliphatic carbocycles. The molecular weight excluding hydrogens is 606 g/mol. The molecule has 0 radical (unpaired) electrons. The SMILES string of the molecule is COc1ccc(S(=O)(=O)N(CC(=O)N(Cc2ccc(C)cc2)C(C)C(=O)NC(C)(C)C)c2ccc(C)cc2)cc1Br. The Labute approximate surface area is 251 Å². The fourth-order valence-corrected chi connectivity index (χ4v) is 6.25. The molecule has 8 nitrogen and oxygen atoms in total. The maximum atomic E-state index is 14.0. The number of halogens is 1. The largest absolute Gasteiger partial charge is 0.496 e. The molecule has 3 aromatic carbocycles. The lowest BCUT2D eigenvalue weighted by Gasteiger charge is -2.33. The van der Waals surface area contributed by atoms with E-state index in [2.05, 4.69) is 21.2 Å². The Morgan fingerprint density at radius 2 is 1.51 bits per heavy atom. The van der Waals surface area contributed by atoms with Crippen LogP contribution in [0.25, 0.3) is 0 Å². The van der Waals surface area contributed by atoms with E-state index in [9.17, 15) is 18.0 Å². The topological polar surface area (TPSA) is 96.0 Å². The number of aryl methyl sites for hydroxylation is 2. The Hall–Kier alpha value is -3.37. The lowest BCUT2D eigenvalue weighted by Crippen LogP contribution is -2.54. The van der Waals surface area contributed by atoms with Crippen LogP contribution >= 0.6 is 15.9 Å². The van der Waals surface area contributed by atoms with Crippen LogP contribution in [0.4, 0.5) is 5.69 Å². The van der Waals surface area contributed by atoms with Gasteiger partial charge in [-0.1, -0.05) is 47.5 Å². The summed E-state index contributed by atoms with van der Waals surface area (Å²) in [6.45, 7) is 10.7. The number of carbonyl (C=O) groups is 2. The molecule has 3 aromatic rings. The molecule has 2 amide bonds. The molecule has 0 aromatic heterocycles. The van der Waals surface area contributed by atoms with Crippen LogP contribution in [-0.2, 0) is 26.2 Å². The van der Waals surface area contributed by atoms with Crippen LogP contribution in [0.1, 0.15) is 44.4 Å². The molecule has 0 saturated heterocycles. The number of nitrogens with one attached hydrogen (secondary N) is 1. The monoisotopic (exact) mass is 643 g/mol. The van der Waals surface area contributed by atoms with Crippen molar-refractivity contribution in [2.75, 3.05) is 18.0 Å². The van der Waals surface area contributed by atoms with E-state index in [1.165, 1.54) is 24.1 Å². The number of methoxy groups -OCH3 is 1. The van der Waals surface area contributed by atoms with Crippen molar-refractivity contribution < 1.29 is 22.7 Å². The Bertz CT molecular complexity index is 1480. The van der Waals surface area contributed by atoms with E-state index >= 15 is 0 Å². The second-order valence-corrected chi connectivity index (χ2v) is 13.8. The summed E-state index contributed by atoms with van der Waals surface area (Å²) in [5, 5.41) is 2.93. The highest BCUT2D eigenvalue weighted by atomic mass is 79.9. The number of nitrogens with zero attached hydrogens (tertiary/aromatic N) is 2. The third-order valence-corrected chi connectivity index (χ3v) is 8.84. The summed E-state index contributed by atoms with van der Waals surface area (Å²) in [6.07, 6.45) is 0. The summed E-state index contributed by atoms with van der Waals surface area (Å²) in [4.78, 5) is 28.6. The van der Waals surface area contributed by atoms with Crippen LogP contribution in [0, 0.1) is 13.8 Å². The highest BCUT2D eigenvalue weighted by Crippen LogP contribution is 2.31. The summed E-state index contributed by atoms with van der Waals surface area (Å²) in [5.74, 6) is -0.370. The van der Waals surface area contributed by atoms with Crippen molar-refractivity contribution in [2.24, 2.45) is 0 Å². The van der Waals surface area contributed by atoms with E-state index in [4.69, 9.17) is 4.74 Å². The molecule has 0 aliphatic rings. The van der Waals surface area contributed by atoms with Crippen molar-refractivity contribution in [3.8, 4) is 5.75 Å². The predicted octanol–water partition coefficient (Wildman–Crippen LogP) is 5.60. The van der Waals surface area contributed by atoms with Gasteiger partial charge < -0.3 is 15.0 Å². The summed E-state index contributed by atoms with van der Waals surface area (Å²) >= 11 is 3.36. The minimum Gasteiger partial charge on any atom is -0.496 e. The fraction of sp³-hybridized carbons (Fsp3) is 0.355. The molecule has 220 valence electrons. The molecule has 3 rings (SSSR count). The van der Waals surface area contributed by atoms with Gasteiger partial charge in [0.2, 0.25) is 11.8 Å². The average molecular weight is 645 g/mol. The van der Waals surface area contributed by atoms with Crippen molar-refractivity contribution in [3.63, 3.8) is 0 Å². The van der Waals surface area contributed by atoms with Crippen LogP contribution in [0.3, 0.4) is 0 Å². The van der Waals surface area contributed by atoms with E-state index in [0.717, 1.165) is 21.0 Å². The fourth-order valence-electron chi connectivity index (χ4n) is 4.12. The number of benzene rings is 3. The summed E-state index contributed by atoms with van der Waals surface area (Å²) < 4.78 is 34.9. The van der Waals surface area contributed by atoms with Crippen molar-refractivity contribution in [1.82, 2.24) is 10.2 Å². The molecule has 1 unspecified atom stereocenters. The minimum atomic E-state index is -4.20. The van der Waals surface area contributed by atoms with E-state index in [0.29, 0.717) is 15.9 Å². The summed E-state index contributed by atoms with van der Waals surface area (Å²) in [5.41, 5.74) is 2.65. The zero-order valence-corrected chi connectivity index (χ0v) is 27.0. The van der Waals surface area contributed by atoms with E-state index < -0.39 is 34.1 Å². The maximum absolute atomic E-state index is 14.0. The van der Waals surface area contributed by atoms with Gasteiger partial charge in [-0.05, 0) is 93.4 Å². The molecular formula is C31H38BrN3O5S. The Morgan fingerprint density at radius 3 is 2.02 bits per heavy atom. The van der Waals surface area contributed by atoms with Gasteiger partial charge in [0.15, 0.2) is 0 Å². The van der Waals surface area contributed by atoms with Crippen molar-refractivity contribution >= 4 is 43.5 Å². The smallest absolute Gasteiger partial charge is 0.264 e. The summed E-state index contributed by atoms with van der Waals surface area (Å²) in [6, 6.07) is 18.1. The normalized spacial score (nSPS) is 12.4. The molecule has 0 aliphatic heterocycles. The Balaban J connectivity index is 2.05. The first-order valence-corrected chi connectivity index (χ1v) is 15.5. The Kier molecular flexibility index (Phi) is 10.3. The highest BCUT2D eigenvalue weighted by molar-refractivity contribution is 9.10. The molecule has 1 atom stereocenters. The molecule has 0 spiro atoms. The third-order valence-electron chi connectivity index (χ3n) is 6.45. The van der Waals surface area contributed by atoms with Crippen LogP contribution in [0.15, 0.2) is 76.1 Å². The first-order valence-electron chi connectivity index (χ1n) is 13.2. The molecule has 0 saturated carbocycles. The van der Waals surface area contributed by atoms with Crippen LogP contribution in [0.2, 0.25) is 0 Å². The Morgan fingerprint density at radius 1 is 0.951 bits per heavy atom. The first-order chi connectivity index (χ1) is 19.1. The van der Waals surface area contributed by atoms with E-state index in [1.807, 2.05) is 58.9 Å². The van der Waals surface area contributed by atoms with Crippen molar-refractivity contribution in [1.29, 1.82) is 0 Å². The number of rotatable bonds is 10. The van der Waals surface area contributed by atoms with Crippen LogP contribution < -0.4 is 14.4 Å². The standard InChI is InChI=1S/C31H38BrN3O5S/c1-21-8-12-24(13-9-21)19-34(23(3)30(37)33-31(4,5)6)29(36)20-35(25-14-10-22(2)11-15-25)41(38,39)26-16-17-28(40-7)27(32)18-26/h8-18,23H,19-20H2,1-7H3,(H,33,37). The van der Waals surface area contributed by atoms with Gasteiger partial charge in [0, 0.05) is 12.1 Å². The maximum Gasteiger partial charge on any atom is 0.264 e. The summed E-state index contributed by atoms with van der Waals surface area (Å²) in [7, 11) is -2.71. The number of amides is 2. The second-order valence-electron chi connectivity index (χ2n) is 11.1. The van der Waals surface area contributed by atoms with Gasteiger partial charge in [-0.2, -0.15) is 0 Å². The zero-order valence-electron chi connectivity index (χ0n) is 24.6. The number of hydrogen-bond acceptors (Lipinski definition) is 5. The quantitative estimate of drug-likeness (QED) is 0.310. The van der Waals surface area contributed by atoms with Gasteiger partial charge in [0.1, 0.15) is 18.3 Å². The average Bonchev–Trinajstić information content (AvgIpc) is 2.90. The second kappa shape index (κ2) is 13.1. The molecule has 0 bridgehead atoms. The number of ether oxygens (including phenoxy) is 1. The zero-order chi connectivity index (χ0) is 30.5. The first kappa shape index (κ1) is 32.1. The molecule has 10 heteroatoms. The predicted molar refractivity (Wildman–Crippen MR) is 165 cm³/mol. The molecule has 1 N–H and O–H groups in total. The highest BCUT2D eigenvalue weighted by Gasteiger charge is 2.33. The molecule has 41 heavy (non-hydrogen) atoms. The van der Waals surface area contributed by atoms with Crippen LogP contribution in [-0.4, -0.2) is 50.4 Å². The van der Waals surface area contributed by atoms with E-state index in [-0.39, 0.29) is 17.3 Å². The number of carbonyl (C=O) groups excluding carboxylic acids is 2. The number of hydrogen-bond donors (Lipinski definition) is 1. The van der Waals surface area contributed by atoms with Gasteiger partial charge in [0.25, 0.3) is 10.0 Å². The molecule has 0 fully saturated rings. The van der Waals surface area contributed by atoms with Gasteiger partial charge in [-0.25, -0.2) is 8.42 Å². The molecule has 0 heterocycles. The van der Waals surface area contributed by atoms with Gasteiger partial charge in [-0.3, -0.25) is 13.9 Å². The van der Waals surface area contributed by atoms with Gasteiger partial charge in [0.05, 0.1) is 22.2 Å². The lowest BCUT2D eigenvalue weighted by molar-refractivity contribution is -0.140. The number of anilines is 1.